The van der Waals surface area contributed by atoms with E-state index >= 15 is 0 Å². The van der Waals surface area contributed by atoms with Crippen LogP contribution in [0.1, 0.15) is 43.6 Å². The minimum absolute atomic E-state index is 0.0312. The van der Waals surface area contributed by atoms with Crippen molar-refractivity contribution >= 4 is 29.1 Å². The Balaban J connectivity index is 2.08. The molecule has 1 saturated heterocycles. The molecule has 0 aliphatic carbocycles. The summed E-state index contributed by atoms with van der Waals surface area (Å²) in [4.78, 5) is 26.7. The highest BCUT2D eigenvalue weighted by molar-refractivity contribution is 6.46. The lowest BCUT2D eigenvalue weighted by molar-refractivity contribution is -0.140. The van der Waals surface area contributed by atoms with Gasteiger partial charge in [-0.3, -0.25) is 9.59 Å². The van der Waals surface area contributed by atoms with E-state index < -0.39 is 17.7 Å². The van der Waals surface area contributed by atoms with Crippen molar-refractivity contribution in [1.29, 1.82) is 0 Å². The predicted molar refractivity (Wildman–Crippen MR) is 98.7 cm³/mol. The van der Waals surface area contributed by atoms with Gasteiger partial charge in [-0.2, -0.15) is 0 Å². The number of furan rings is 1. The summed E-state index contributed by atoms with van der Waals surface area (Å²) in [6, 6.07) is 9.21. The quantitative estimate of drug-likeness (QED) is 0.349. The van der Waals surface area contributed by atoms with Gasteiger partial charge in [0.05, 0.1) is 11.8 Å². The molecular weight excluding hydrogens is 354 g/mol. The fourth-order valence-electron chi connectivity index (χ4n) is 3.18. The number of carbonyl (C=O) groups excluding carboxylic acids is 2. The highest BCUT2D eigenvalue weighted by Crippen LogP contribution is 2.39. The number of unbranched alkanes of at least 4 members (excludes halogenated alkanes) is 2. The van der Waals surface area contributed by atoms with Crippen LogP contribution in [0.25, 0.3) is 5.76 Å². The molecule has 2 aromatic rings. The third-order valence-electron chi connectivity index (χ3n) is 4.45. The lowest BCUT2D eigenvalue weighted by atomic mass is 9.99. The van der Waals surface area contributed by atoms with Crippen LogP contribution in [0.2, 0.25) is 5.02 Å². The summed E-state index contributed by atoms with van der Waals surface area (Å²) in [5, 5.41) is 11.2. The number of likely N-dealkylation sites (tertiary alicyclic amines) is 1. The van der Waals surface area contributed by atoms with Crippen molar-refractivity contribution in [2.75, 3.05) is 6.54 Å². The predicted octanol–water partition coefficient (Wildman–Crippen LogP) is 4.54. The number of Topliss-reactive ketones (excluding diaryl/α,β-unsaturated/α-hetero) is 1. The Bertz CT molecular complexity index is 841. The number of nitrogens with zero attached hydrogens (tertiary/aromatic N) is 1. The third kappa shape index (κ3) is 3.40. The van der Waals surface area contributed by atoms with Gasteiger partial charge in [0.1, 0.15) is 17.6 Å². The van der Waals surface area contributed by atoms with E-state index in [9.17, 15) is 14.7 Å². The van der Waals surface area contributed by atoms with Crippen molar-refractivity contribution in [2.24, 2.45) is 0 Å². The van der Waals surface area contributed by atoms with Crippen LogP contribution in [0, 0.1) is 0 Å². The molecule has 5 nitrogen and oxygen atoms in total. The molecule has 26 heavy (non-hydrogen) atoms. The maximum absolute atomic E-state index is 12.7. The van der Waals surface area contributed by atoms with Crippen molar-refractivity contribution in [1.82, 2.24) is 4.90 Å². The summed E-state index contributed by atoms with van der Waals surface area (Å²) in [6.07, 6.45) is 4.21. The van der Waals surface area contributed by atoms with Gasteiger partial charge in [0.2, 0.25) is 0 Å². The van der Waals surface area contributed by atoms with Crippen LogP contribution < -0.4 is 0 Å². The van der Waals surface area contributed by atoms with Gasteiger partial charge in [0.25, 0.3) is 11.7 Å². The second-order valence-corrected chi connectivity index (χ2v) is 6.66. The van der Waals surface area contributed by atoms with E-state index in [1.807, 2.05) is 0 Å². The topological polar surface area (TPSA) is 70.8 Å². The van der Waals surface area contributed by atoms with E-state index in [0.29, 0.717) is 22.9 Å². The number of hydrogen-bond acceptors (Lipinski definition) is 4. The number of carbonyl (C=O) groups is 2. The normalized spacial score (nSPS) is 19.3. The molecule has 0 spiro atoms. The van der Waals surface area contributed by atoms with Gasteiger partial charge in [0, 0.05) is 17.1 Å². The molecule has 1 N–H and O–H groups in total. The number of amides is 1. The first kappa shape index (κ1) is 18.3. The van der Waals surface area contributed by atoms with Gasteiger partial charge in [-0.15, -0.1) is 0 Å². The van der Waals surface area contributed by atoms with E-state index in [1.165, 1.54) is 11.2 Å². The Hall–Kier alpha value is -2.53. The molecule has 1 aliphatic rings. The van der Waals surface area contributed by atoms with Crippen LogP contribution in [0.4, 0.5) is 0 Å². The summed E-state index contributed by atoms with van der Waals surface area (Å²) < 4.78 is 5.47. The molecule has 1 unspecified atom stereocenters. The Kier molecular flexibility index (Phi) is 5.47. The van der Waals surface area contributed by atoms with E-state index in [1.54, 1.807) is 36.4 Å². The van der Waals surface area contributed by atoms with Crippen molar-refractivity contribution in [2.45, 2.75) is 32.2 Å². The summed E-state index contributed by atoms with van der Waals surface area (Å²) in [5.74, 6) is -1.12. The molecule has 2 heterocycles. The molecule has 1 fully saturated rings. The Morgan fingerprint density at radius 3 is 2.69 bits per heavy atom. The van der Waals surface area contributed by atoms with Gasteiger partial charge in [-0.25, -0.2) is 0 Å². The first-order chi connectivity index (χ1) is 12.5. The van der Waals surface area contributed by atoms with Crippen LogP contribution in [0.3, 0.4) is 0 Å². The molecule has 3 rings (SSSR count). The van der Waals surface area contributed by atoms with Crippen molar-refractivity contribution in [3.63, 3.8) is 0 Å². The van der Waals surface area contributed by atoms with Crippen molar-refractivity contribution in [3.05, 3.63) is 64.6 Å². The first-order valence-electron chi connectivity index (χ1n) is 8.62. The van der Waals surface area contributed by atoms with Crippen molar-refractivity contribution in [3.8, 4) is 0 Å². The molecule has 1 atom stereocenters. The highest BCUT2D eigenvalue weighted by Gasteiger charge is 2.47. The monoisotopic (exact) mass is 373 g/mol. The van der Waals surface area contributed by atoms with Gasteiger partial charge < -0.3 is 14.4 Å². The summed E-state index contributed by atoms with van der Waals surface area (Å²) in [6.45, 7) is 2.49. The third-order valence-corrected chi connectivity index (χ3v) is 4.69. The number of aliphatic hydroxyl groups is 1. The molecule has 1 aliphatic heterocycles. The average molecular weight is 374 g/mol. The molecule has 6 heteroatoms. The van der Waals surface area contributed by atoms with Crippen LogP contribution in [-0.4, -0.2) is 28.2 Å². The number of rotatable bonds is 6. The molecule has 1 amide bonds. The molecule has 136 valence electrons. The lowest BCUT2D eigenvalue weighted by Gasteiger charge is -2.23. The largest absolute Gasteiger partial charge is 0.507 e. The molecule has 0 bridgehead atoms. The van der Waals surface area contributed by atoms with Gasteiger partial charge in [-0.05, 0) is 30.7 Å². The van der Waals surface area contributed by atoms with Gasteiger partial charge in [0.15, 0.2) is 0 Å². The van der Waals surface area contributed by atoms with E-state index in [4.69, 9.17) is 16.0 Å². The second-order valence-electron chi connectivity index (χ2n) is 6.23. The molecule has 0 radical (unpaired) electrons. The van der Waals surface area contributed by atoms with Crippen LogP contribution >= 0.6 is 11.6 Å². The summed E-state index contributed by atoms with van der Waals surface area (Å²) in [5.41, 5.74) is 0.421. The molecule has 0 saturated carbocycles. The van der Waals surface area contributed by atoms with Crippen LogP contribution in [0.5, 0.6) is 0 Å². The van der Waals surface area contributed by atoms with E-state index in [2.05, 4.69) is 6.92 Å². The highest BCUT2D eigenvalue weighted by atomic mass is 35.5. The average Bonchev–Trinajstić information content (AvgIpc) is 3.23. The van der Waals surface area contributed by atoms with E-state index in [0.717, 1.165) is 19.3 Å². The van der Waals surface area contributed by atoms with Gasteiger partial charge >= 0.3 is 0 Å². The second kappa shape index (κ2) is 7.79. The van der Waals surface area contributed by atoms with Crippen LogP contribution in [-0.2, 0) is 9.59 Å². The molecule has 1 aromatic heterocycles. The smallest absolute Gasteiger partial charge is 0.295 e. The molecular formula is C20H20ClNO4. The number of aliphatic hydroxyl groups excluding tert-OH is 1. The van der Waals surface area contributed by atoms with Crippen LogP contribution in [0.15, 0.2) is 52.7 Å². The fraction of sp³-hybridized carbons (Fsp3) is 0.300. The van der Waals surface area contributed by atoms with Gasteiger partial charge in [-0.1, -0.05) is 43.5 Å². The number of halogens is 1. The molecule has 1 aromatic carbocycles. The Morgan fingerprint density at radius 1 is 1.23 bits per heavy atom. The zero-order chi connectivity index (χ0) is 18.7. The lowest BCUT2D eigenvalue weighted by Crippen LogP contribution is -2.30. The first-order valence-corrected chi connectivity index (χ1v) is 9.00. The zero-order valence-electron chi connectivity index (χ0n) is 14.4. The zero-order valence-corrected chi connectivity index (χ0v) is 15.2. The minimum atomic E-state index is -0.735. The minimum Gasteiger partial charge on any atom is -0.507 e. The Labute approximate surface area is 156 Å². The summed E-state index contributed by atoms with van der Waals surface area (Å²) in [7, 11) is 0. The maximum atomic E-state index is 12.7. The SMILES string of the molecule is CCCCCN1C(=O)C(=O)/C(=C(\O)c2cccc(Cl)c2)C1c1ccco1. The number of benzene rings is 1. The number of ketones is 1. The maximum Gasteiger partial charge on any atom is 0.295 e. The number of hydrogen-bond donors (Lipinski definition) is 1. The fourth-order valence-corrected chi connectivity index (χ4v) is 3.37. The van der Waals surface area contributed by atoms with E-state index in [-0.39, 0.29) is 11.3 Å². The standard InChI is InChI=1S/C20H20ClNO4/c1-2-3-4-10-22-17(15-9-6-11-26-15)16(19(24)20(22)25)18(23)13-7-5-8-14(21)12-13/h5-9,11-12,17,23H,2-4,10H2,1H3/b18-16-. The van der Waals surface area contributed by atoms with Crippen molar-refractivity contribution < 1.29 is 19.1 Å². The summed E-state index contributed by atoms with van der Waals surface area (Å²) >= 11 is 6.00. The Morgan fingerprint density at radius 2 is 2.04 bits per heavy atom.